The van der Waals surface area contributed by atoms with Crippen LogP contribution in [0, 0.1) is 0 Å². The van der Waals surface area contributed by atoms with Gasteiger partial charge in [-0.05, 0) is 35.4 Å². The quantitative estimate of drug-likeness (QED) is 0.560. The molecule has 0 amide bonds. The molecule has 2 aromatic rings. The molecule has 0 bridgehead atoms. The lowest BCUT2D eigenvalue weighted by Gasteiger charge is -2.40. The minimum atomic E-state index is -1.41. The van der Waals surface area contributed by atoms with Crippen LogP contribution in [0.2, 0.25) is 0 Å². The topological polar surface area (TPSA) is 112 Å². The van der Waals surface area contributed by atoms with Crippen LogP contribution in [-0.2, 0) is 11.3 Å². The molecule has 2 heterocycles. The summed E-state index contributed by atoms with van der Waals surface area (Å²) in [5.74, 6) is 1.46. The van der Waals surface area contributed by atoms with Crippen LogP contribution in [-0.4, -0.2) is 71.7 Å². The highest BCUT2D eigenvalue weighted by Gasteiger charge is 2.44. The maximum absolute atomic E-state index is 10.4. The number of benzene rings is 2. The highest BCUT2D eigenvalue weighted by Crippen LogP contribution is 2.39. The first-order valence-electron chi connectivity index (χ1n) is 9.97. The molecule has 2 aliphatic rings. The molecule has 0 saturated carbocycles. The lowest BCUT2D eigenvalue weighted by Crippen LogP contribution is -2.55. The number of anilines is 1. The third-order valence-electron chi connectivity index (χ3n) is 5.67. The van der Waals surface area contributed by atoms with Gasteiger partial charge in [-0.3, -0.25) is 0 Å². The van der Waals surface area contributed by atoms with Gasteiger partial charge in [0.1, 0.15) is 48.6 Å². The van der Waals surface area contributed by atoms with Crippen molar-refractivity contribution in [2.24, 2.45) is 0 Å². The van der Waals surface area contributed by atoms with E-state index < -0.39 is 37.1 Å². The van der Waals surface area contributed by atoms with Crippen molar-refractivity contribution in [1.82, 2.24) is 0 Å². The van der Waals surface area contributed by atoms with Gasteiger partial charge < -0.3 is 39.5 Å². The van der Waals surface area contributed by atoms with Gasteiger partial charge in [0.2, 0.25) is 0 Å². The van der Waals surface area contributed by atoms with E-state index in [1.807, 2.05) is 30.3 Å². The molecule has 5 atom stereocenters. The van der Waals surface area contributed by atoms with Crippen molar-refractivity contribution in [2.75, 3.05) is 31.8 Å². The smallest absolute Gasteiger partial charge is 0.143 e. The summed E-state index contributed by atoms with van der Waals surface area (Å²) in [6.45, 7) is 1.46. The zero-order valence-electron chi connectivity index (χ0n) is 16.7. The van der Waals surface area contributed by atoms with Crippen LogP contribution in [0.4, 0.5) is 5.69 Å². The van der Waals surface area contributed by atoms with Crippen molar-refractivity contribution in [1.29, 1.82) is 0 Å². The lowest BCUT2D eigenvalue weighted by molar-refractivity contribution is -0.231. The van der Waals surface area contributed by atoms with Gasteiger partial charge >= 0.3 is 0 Å². The summed E-state index contributed by atoms with van der Waals surface area (Å²) in [4.78, 5) is 2.20. The summed E-state index contributed by atoms with van der Waals surface area (Å²) in [6.07, 6.45) is -5.95. The van der Waals surface area contributed by atoms with Crippen molar-refractivity contribution in [3.05, 3.63) is 53.6 Å². The Morgan fingerprint density at radius 3 is 2.67 bits per heavy atom. The van der Waals surface area contributed by atoms with Crippen molar-refractivity contribution in [3.63, 3.8) is 0 Å². The molecule has 4 N–H and O–H groups in total. The van der Waals surface area contributed by atoms with Crippen LogP contribution in [0.3, 0.4) is 0 Å². The zero-order valence-corrected chi connectivity index (χ0v) is 16.7. The Morgan fingerprint density at radius 2 is 1.90 bits per heavy atom. The number of hydrogen-bond donors (Lipinski definition) is 4. The van der Waals surface area contributed by atoms with Crippen molar-refractivity contribution in [3.8, 4) is 11.5 Å². The predicted octanol–water partition coefficient (Wildman–Crippen LogP) is 0.609. The van der Waals surface area contributed by atoms with E-state index in [-0.39, 0.29) is 0 Å². The Balaban J connectivity index is 1.57. The second-order valence-electron chi connectivity index (χ2n) is 7.60. The van der Waals surface area contributed by atoms with Gasteiger partial charge in [-0.15, -0.1) is 0 Å². The molecule has 8 heteroatoms. The van der Waals surface area contributed by atoms with Crippen LogP contribution in [0.5, 0.6) is 11.5 Å². The summed E-state index contributed by atoms with van der Waals surface area (Å²) in [6, 6.07) is 13.4. The van der Waals surface area contributed by atoms with Crippen LogP contribution in [0.25, 0.3) is 0 Å². The molecule has 162 valence electrons. The van der Waals surface area contributed by atoms with Crippen LogP contribution in [0.15, 0.2) is 42.5 Å². The average molecular weight is 417 g/mol. The lowest BCUT2D eigenvalue weighted by atomic mass is 9.91. The number of methoxy groups -OCH3 is 1. The van der Waals surface area contributed by atoms with Gasteiger partial charge in [0.25, 0.3) is 0 Å². The minimum absolute atomic E-state index is 0.461. The largest absolute Gasteiger partial charge is 0.497 e. The van der Waals surface area contributed by atoms with E-state index in [1.54, 1.807) is 19.2 Å². The molecule has 0 spiro atoms. The zero-order chi connectivity index (χ0) is 21.3. The van der Waals surface area contributed by atoms with Crippen LogP contribution in [0.1, 0.15) is 17.2 Å². The Morgan fingerprint density at radius 1 is 1.07 bits per heavy atom. The Bertz CT molecular complexity index is 874. The third-order valence-corrected chi connectivity index (χ3v) is 5.67. The first kappa shape index (κ1) is 20.9. The fourth-order valence-electron chi connectivity index (χ4n) is 4.00. The Hall–Kier alpha value is -2.36. The van der Waals surface area contributed by atoms with Gasteiger partial charge in [0.15, 0.2) is 0 Å². The fourth-order valence-corrected chi connectivity index (χ4v) is 4.00. The second kappa shape index (κ2) is 8.79. The van der Waals surface area contributed by atoms with E-state index in [1.165, 1.54) is 0 Å². The Kier molecular flexibility index (Phi) is 6.12. The van der Waals surface area contributed by atoms with Crippen LogP contribution < -0.4 is 14.4 Å². The molecule has 8 nitrogen and oxygen atoms in total. The summed E-state index contributed by atoms with van der Waals surface area (Å²) < 4.78 is 16.8. The molecule has 30 heavy (non-hydrogen) atoms. The van der Waals surface area contributed by atoms with Gasteiger partial charge in [0.05, 0.1) is 25.9 Å². The molecular formula is C22H27NO7. The summed E-state index contributed by atoms with van der Waals surface area (Å²) in [7, 11) is 1.64. The Labute approximate surface area is 174 Å². The first-order chi connectivity index (χ1) is 14.5. The molecule has 2 aliphatic heterocycles. The highest BCUT2D eigenvalue weighted by atomic mass is 16.5. The molecular weight excluding hydrogens is 390 g/mol. The van der Waals surface area contributed by atoms with E-state index in [2.05, 4.69) is 4.90 Å². The molecule has 0 aliphatic carbocycles. The minimum Gasteiger partial charge on any atom is -0.497 e. The van der Waals surface area contributed by atoms with Crippen molar-refractivity contribution in [2.45, 2.75) is 37.1 Å². The number of aliphatic hydroxyl groups is 4. The summed E-state index contributed by atoms with van der Waals surface area (Å²) in [5, 5.41) is 39.9. The number of ether oxygens (including phenoxy) is 3. The fraction of sp³-hybridized carbons (Fsp3) is 0.455. The molecule has 0 aromatic heterocycles. The number of nitrogens with zero attached hydrogens (tertiary/aromatic N) is 1. The van der Waals surface area contributed by atoms with E-state index in [9.17, 15) is 20.4 Å². The monoisotopic (exact) mass is 417 g/mol. The van der Waals surface area contributed by atoms with E-state index in [4.69, 9.17) is 14.2 Å². The maximum atomic E-state index is 10.4. The van der Waals surface area contributed by atoms with E-state index in [0.29, 0.717) is 24.5 Å². The van der Waals surface area contributed by atoms with Crippen molar-refractivity contribution >= 4 is 5.69 Å². The predicted molar refractivity (Wildman–Crippen MR) is 109 cm³/mol. The van der Waals surface area contributed by atoms with E-state index >= 15 is 0 Å². The number of fused-ring (bicyclic) bond motifs is 1. The van der Waals surface area contributed by atoms with Crippen LogP contribution >= 0.6 is 0 Å². The standard InChI is InChI=1S/C22H27NO7/c1-28-15-4-2-3-13(9-15)11-23-7-8-29-17-10-14(5-6-16(17)23)22-21(27)20(26)19(25)18(12-24)30-22/h2-6,9-10,18-22,24-27H,7-8,11-12H2,1H3/t18-,19-,20+,21-,22+/m1/s1. The molecule has 4 rings (SSSR count). The molecule has 0 unspecified atom stereocenters. The van der Waals surface area contributed by atoms with Gasteiger partial charge in [-0.2, -0.15) is 0 Å². The second-order valence-corrected chi connectivity index (χ2v) is 7.60. The number of hydrogen-bond acceptors (Lipinski definition) is 8. The normalized spacial score (nSPS) is 28.6. The molecule has 1 saturated heterocycles. The SMILES string of the molecule is COc1cccc(CN2CCOc3cc([C@@H]4O[C@H](CO)[C@@H](O)[C@H](O)[C@H]4O)ccc32)c1. The van der Waals surface area contributed by atoms with Gasteiger partial charge in [0, 0.05) is 6.54 Å². The van der Waals surface area contributed by atoms with Gasteiger partial charge in [-0.25, -0.2) is 0 Å². The summed E-state index contributed by atoms with van der Waals surface area (Å²) >= 11 is 0. The van der Waals surface area contributed by atoms with Crippen molar-refractivity contribution < 1.29 is 34.6 Å². The average Bonchev–Trinajstić information content (AvgIpc) is 2.78. The molecule has 0 radical (unpaired) electrons. The number of aliphatic hydroxyl groups excluding tert-OH is 4. The number of rotatable bonds is 5. The first-order valence-corrected chi connectivity index (χ1v) is 9.97. The molecule has 1 fully saturated rings. The highest BCUT2D eigenvalue weighted by molar-refractivity contribution is 5.61. The van der Waals surface area contributed by atoms with E-state index in [0.717, 1.165) is 23.5 Å². The maximum Gasteiger partial charge on any atom is 0.143 e. The third kappa shape index (κ3) is 3.97. The molecule has 2 aromatic carbocycles. The summed E-state index contributed by atoms with van der Waals surface area (Å²) in [5.41, 5.74) is 2.63. The van der Waals surface area contributed by atoms with Gasteiger partial charge in [-0.1, -0.05) is 18.2 Å².